The van der Waals surface area contributed by atoms with Crippen molar-refractivity contribution in [2.24, 2.45) is 0 Å². The molecule has 0 aliphatic heterocycles. The van der Waals surface area contributed by atoms with E-state index in [1.807, 2.05) is 36.2 Å². The van der Waals surface area contributed by atoms with Crippen molar-refractivity contribution in [1.29, 1.82) is 0 Å². The predicted molar refractivity (Wildman–Crippen MR) is 88.9 cm³/mol. The molecule has 0 aliphatic carbocycles. The van der Waals surface area contributed by atoms with Gasteiger partial charge in [0.05, 0.1) is 17.2 Å². The van der Waals surface area contributed by atoms with Gasteiger partial charge in [-0.2, -0.15) is 0 Å². The average Bonchev–Trinajstić information content (AvgIpc) is 2.48. The fourth-order valence-corrected chi connectivity index (χ4v) is 2.58. The lowest BCUT2D eigenvalue weighted by atomic mass is 10.2. The lowest BCUT2D eigenvalue weighted by molar-refractivity contribution is 0.414. The smallest absolute Gasteiger partial charge is 0.149 e. The summed E-state index contributed by atoms with van der Waals surface area (Å²) in [5.74, 6) is 2.13. The van der Waals surface area contributed by atoms with Crippen LogP contribution in [0.1, 0.15) is 5.56 Å². The standard InChI is InChI=1S/C15H17Cl2N3O/c1-18-14-12(16)8-13(17)15(19-14)20(2)9-10-4-6-11(21-3)7-5-10/h4-8H,9H2,1-3H3,(H,18,19). The third-order valence-electron chi connectivity index (χ3n) is 3.09. The maximum Gasteiger partial charge on any atom is 0.149 e. The molecule has 0 amide bonds. The van der Waals surface area contributed by atoms with Gasteiger partial charge < -0.3 is 15.0 Å². The van der Waals surface area contributed by atoms with Crippen LogP contribution in [-0.4, -0.2) is 26.2 Å². The minimum atomic E-state index is 0.504. The van der Waals surface area contributed by atoms with E-state index < -0.39 is 0 Å². The molecule has 1 aromatic carbocycles. The summed E-state index contributed by atoms with van der Waals surface area (Å²) in [4.78, 5) is 6.42. The molecule has 0 spiro atoms. The highest BCUT2D eigenvalue weighted by Crippen LogP contribution is 2.31. The number of ether oxygens (including phenoxy) is 1. The zero-order valence-corrected chi connectivity index (χ0v) is 13.7. The van der Waals surface area contributed by atoms with Gasteiger partial charge in [0.2, 0.25) is 0 Å². The number of pyridine rings is 1. The first-order valence-electron chi connectivity index (χ1n) is 6.43. The lowest BCUT2D eigenvalue weighted by Crippen LogP contribution is -2.18. The minimum Gasteiger partial charge on any atom is -0.497 e. The molecule has 2 aromatic rings. The second-order valence-electron chi connectivity index (χ2n) is 4.58. The van der Waals surface area contributed by atoms with Crippen LogP contribution in [0.3, 0.4) is 0 Å². The van der Waals surface area contributed by atoms with Crippen molar-refractivity contribution in [3.63, 3.8) is 0 Å². The van der Waals surface area contributed by atoms with Crippen molar-refractivity contribution in [3.05, 3.63) is 45.9 Å². The molecule has 0 radical (unpaired) electrons. The van der Waals surface area contributed by atoms with Crippen LogP contribution in [0.15, 0.2) is 30.3 Å². The van der Waals surface area contributed by atoms with Crippen LogP contribution >= 0.6 is 23.2 Å². The van der Waals surface area contributed by atoms with Crippen LogP contribution in [0.2, 0.25) is 10.0 Å². The van der Waals surface area contributed by atoms with Crippen LogP contribution in [0.4, 0.5) is 11.6 Å². The van der Waals surface area contributed by atoms with Gasteiger partial charge in [-0.05, 0) is 23.8 Å². The number of nitrogens with zero attached hydrogens (tertiary/aromatic N) is 2. The van der Waals surface area contributed by atoms with Crippen molar-refractivity contribution in [3.8, 4) is 5.75 Å². The van der Waals surface area contributed by atoms with Crippen LogP contribution in [0, 0.1) is 0 Å². The number of rotatable bonds is 5. The van der Waals surface area contributed by atoms with Gasteiger partial charge in [-0.25, -0.2) is 4.98 Å². The molecule has 112 valence electrons. The number of anilines is 2. The first-order chi connectivity index (χ1) is 10.0. The molecular weight excluding hydrogens is 309 g/mol. The maximum absolute atomic E-state index is 6.23. The molecule has 4 nitrogen and oxygen atoms in total. The molecule has 0 atom stereocenters. The Balaban J connectivity index is 2.21. The number of benzene rings is 1. The number of hydrogen-bond acceptors (Lipinski definition) is 4. The Morgan fingerprint density at radius 2 is 1.86 bits per heavy atom. The van der Waals surface area contributed by atoms with Gasteiger partial charge in [0.15, 0.2) is 0 Å². The molecule has 0 unspecified atom stereocenters. The van der Waals surface area contributed by atoms with Crippen LogP contribution in [0.5, 0.6) is 5.75 Å². The highest BCUT2D eigenvalue weighted by Gasteiger charge is 2.12. The Hall–Kier alpha value is -1.65. The van der Waals surface area contributed by atoms with E-state index in [9.17, 15) is 0 Å². The van der Waals surface area contributed by atoms with E-state index in [4.69, 9.17) is 27.9 Å². The summed E-state index contributed by atoms with van der Waals surface area (Å²) in [5, 5.41) is 3.98. The zero-order chi connectivity index (χ0) is 15.4. The number of halogens is 2. The van der Waals surface area contributed by atoms with Crippen molar-refractivity contribution in [2.75, 3.05) is 31.4 Å². The Morgan fingerprint density at radius 3 is 2.43 bits per heavy atom. The van der Waals surface area contributed by atoms with Gasteiger partial charge in [0.25, 0.3) is 0 Å². The van der Waals surface area contributed by atoms with Gasteiger partial charge in [-0.1, -0.05) is 35.3 Å². The Bertz CT molecular complexity index is 617. The second kappa shape index (κ2) is 6.87. The molecule has 6 heteroatoms. The van der Waals surface area contributed by atoms with E-state index in [0.717, 1.165) is 11.3 Å². The predicted octanol–water partition coefficient (Wildman–Crippen LogP) is 4.08. The summed E-state index contributed by atoms with van der Waals surface area (Å²) < 4.78 is 5.15. The normalized spacial score (nSPS) is 10.3. The van der Waals surface area contributed by atoms with Crippen LogP contribution in [0.25, 0.3) is 0 Å². The molecule has 1 heterocycles. The maximum atomic E-state index is 6.23. The van der Waals surface area contributed by atoms with Gasteiger partial charge in [0, 0.05) is 20.6 Å². The zero-order valence-electron chi connectivity index (χ0n) is 12.2. The van der Waals surface area contributed by atoms with Crippen molar-refractivity contribution >= 4 is 34.8 Å². The third-order valence-corrected chi connectivity index (χ3v) is 3.65. The summed E-state index contributed by atoms with van der Waals surface area (Å²) in [5.41, 5.74) is 1.14. The molecule has 0 saturated heterocycles. The largest absolute Gasteiger partial charge is 0.497 e. The number of aromatic nitrogens is 1. The fraction of sp³-hybridized carbons (Fsp3) is 0.267. The molecule has 0 saturated carbocycles. The number of nitrogens with one attached hydrogen (secondary N) is 1. The van der Waals surface area contributed by atoms with E-state index in [0.29, 0.717) is 28.2 Å². The van der Waals surface area contributed by atoms with Crippen molar-refractivity contribution < 1.29 is 4.74 Å². The first kappa shape index (κ1) is 15.7. The van der Waals surface area contributed by atoms with E-state index in [2.05, 4.69) is 10.3 Å². The molecule has 21 heavy (non-hydrogen) atoms. The minimum absolute atomic E-state index is 0.504. The SMILES string of the molecule is CNc1nc(N(C)Cc2ccc(OC)cc2)c(Cl)cc1Cl. The number of hydrogen-bond donors (Lipinski definition) is 1. The van der Waals surface area contributed by atoms with E-state index in [1.165, 1.54) is 0 Å². The first-order valence-corrected chi connectivity index (χ1v) is 7.18. The molecule has 0 bridgehead atoms. The number of methoxy groups -OCH3 is 1. The summed E-state index contributed by atoms with van der Waals surface area (Å²) >= 11 is 12.3. The van der Waals surface area contributed by atoms with Crippen molar-refractivity contribution in [2.45, 2.75) is 6.54 Å². The van der Waals surface area contributed by atoms with Gasteiger partial charge in [0.1, 0.15) is 17.4 Å². The van der Waals surface area contributed by atoms with E-state index in [1.54, 1.807) is 20.2 Å². The average molecular weight is 326 g/mol. The third kappa shape index (κ3) is 3.71. The lowest BCUT2D eigenvalue weighted by Gasteiger charge is -2.20. The molecule has 2 rings (SSSR count). The second-order valence-corrected chi connectivity index (χ2v) is 5.39. The molecule has 1 N–H and O–H groups in total. The van der Waals surface area contributed by atoms with Gasteiger partial charge in [-0.15, -0.1) is 0 Å². The van der Waals surface area contributed by atoms with Crippen LogP contribution < -0.4 is 15.0 Å². The Labute approximate surface area is 134 Å². The highest BCUT2D eigenvalue weighted by atomic mass is 35.5. The van der Waals surface area contributed by atoms with E-state index >= 15 is 0 Å². The summed E-state index contributed by atoms with van der Waals surface area (Å²) in [7, 11) is 5.36. The summed E-state index contributed by atoms with van der Waals surface area (Å²) in [6.07, 6.45) is 0. The Morgan fingerprint density at radius 1 is 1.19 bits per heavy atom. The summed E-state index contributed by atoms with van der Waals surface area (Å²) in [6.45, 7) is 0.682. The molecule has 0 aliphatic rings. The Kier molecular flexibility index (Phi) is 5.15. The molecular formula is C15H17Cl2N3O. The van der Waals surface area contributed by atoms with Crippen molar-refractivity contribution in [1.82, 2.24) is 4.98 Å². The molecule has 0 fully saturated rings. The quantitative estimate of drug-likeness (QED) is 0.898. The van der Waals surface area contributed by atoms with Crippen LogP contribution in [-0.2, 0) is 6.54 Å². The molecule has 1 aromatic heterocycles. The van der Waals surface area contributed by atoms with Gasteiger partial charge in [-0.3, -0.25) is 0 Å². The fourth-order valence-electron chi connectivity index (χ4n) is 1.98. The highest BCUT2D eigenvalue weighted by molar-refractivity contribution is 6.37. The topological polar surface area (TPSA) is 37.4 Å². The van der Waals surface area contributed by atoms with E-state index in [-0.39, 0.29) is 0 Å². The summed E-state index contributed by atoms with van der Waals surface area (Å²) in [6, 6.07) is 9.58. The monoisotopic (exact) mass is 325 g/mol. The van der Waals surface area contributed by atoms with Gasteiger partial charge >= 0.3 is 0 Å².